The van der Waals surface area contributed by atoms with Gasteiger partial charge >= 0.3 is 0 Å². The molecule has 10 aromatic rings. The summed E-state index contributed by atoms with van der Waals surface area (Å²) in [6.07, 6.45) is 0. The molecule has 0 radical (unpaired) electrons. The summed E-state index contributed by atoms with van der Waals surface area (Å²) in [6.45, 7) is 4.80. The third-order valence-corrected chi connectivity index (χ3v) is 17.6. The van der Waals surface area contributed by atoms with Crippen LogP contribution in [0.2, 0.25) is 0 Å². The van der Waals surface area contributed by atoms with Gasteiger partial charge in [0.2, 0.25) is 0 Å². The Morgan fingerprint density at radius 3 is 1.32 bits per heavy atom. The fourth-order valence-corrected chi connectivity index (χ4v) is 14.8. The molecule has 0 spiro atoms. The lowest BCUT2D eigenvalue weighted by Gasteiger charge is -2.34. The van der Waals surface area contributed by atoms with Crippen molar-refractivity contribution in [3.8, 4) is 33.4 Å². The molecule has 0 saturated heterocycles. The Kier molecular flexibility index (Phi) is 7.33. The Bertz CT molecular complexity index is 2960. The summed E-state index contributed by atoms with van der Waals surface area (Å²) in [7, 11) is -2.58. The van der Waals surface area contributed by atoms with Crippen LogP contribution in [0.3, 0.4) is 0 Å². The summed E-state index contributed by atoms with van der Waals surface area (Å²) in [6, 6.07) is 77.8. The lowest BCUT2D eigenvalue weighted by molar-refractivity contribution is 0.661. The zero-order valence-electron chi connectivity index (χ0n) is 31.6. The van der Waals surface area contributed by atoms with E-state index >= 15 is 0 Å². The molecule has 0 aliphatic heterocycles. The molecule has 0 atom stereocenters. The van der Waals surface area contributed by atoms with Gasteiger partial charge in [-0.15, -0.1) is 0 Å². The predicted molar refractivity (Wildman–Crippen MR) is 242 cm³/mol. The largest absolute Gasteiger partial charge is 0.179 e. The van der Waals surface area contributed by atoms with E-state index in [-0.39, 0.29) is 5.41 Å². The van der Waals surface area contributed by atoms with Crippen LogP contribution >= 0.6 is 0 Å². The van der Waals surface area contributed by atoms with Gasteiger partial charge in [-0.3, -0.25) is 0 Å². The third-order valence-electron chi connectivity index (χ3n) is 12.8. The minimum Gasteiger partial charge on any atom is -0.0623 e. The van der Waals surface area contributed by atoms with E-state index < -0.39 is 8.07 Å². The minimum atomic E-state index is -2.58. The maximum atomic E-state index is 2.47. The lowest BCUT2D eigenvalue weighted by atomic mass is 9.80. The van der Waals surface area contributed by atoms with Gasteiger partial charge in [0.05, 0.1) is 0 Å². The van der Waals surface area contributed by atoms with Gasteiger partial charge in [0.1, 0.15) is 0 Å². The van der Waals surface area contributed by atoms with Crippen molar-refractivity contribution in [2.75, 3.05) is 0 Å². The number of fused-ring (bicyclic) bond motifs is 3. The predicted octanol–water partition coefficient (Wildman–Crippen LogP) is 11.6. The molecule has 56 heavy (non-hydrogen) atoms. The van der Waals surface area contributed by atoms with Gasteiger partial charge in [-0.05, 0) is 110 Å². The molecule has 0 saturated carbocycles. The van der Waals surface area contributed by atoms with E-state index in [4.69, 9.17) is 0 Å². The first-order chi connectivity index (χ1) is 27.5. The van der Waals surface area contributed by atoms with Crippen molar-refractivity contribution >= 4 is 61.1 Å². The molecule has 0 bridgehead atoms. The van der Waals surface area contributed by atoms with Crippen molar-refractivity contribution < 1.29 is 0 Å². The Morgan fingerprint density at radius 2 is 0.750 bits per heavy atom. The molecule has 10 aromatic carbocycles. The average molecular weight is 729 g/mol. The zero-order valence-corrected chi connectivity index (χ0v) is 32.6. The highest BCUT2D eigenvalue weighted by Gasteiger charge is 2.41. The van der Waals surface area contributed by atoms with Gasteiger partial charge in [-0.25, -0.2) is 0 Å². The van der Waals surface area contributed by atoms with Crippen LogP contribution in [-0.4, -0.2) is 8.07 Å². The molecular weight excluding hydrogens is 689 g/mol. The molecule has 11 rings (SSSR count). The molecule has 264 valence electrons. The number of hydrogen-bond donors (Lipinski definition) is 0. The van der Waals surface area contributed by atoms with Gasteiger partial charge in [0, 0.05) is 5.41 Å². The Labute approximate surface area is 329 Å². The summed E-state index contributed by atoms with van der Waals surface area (Å²) in [5.74, 6) is 0. The molecule has 0 aromatic heterocycles. The minimum absolute atomic E-state index is 0.142. The van der Waals surface area contributed by atoms with E-state index in [1.165, 1.54) is 97.6 Å². The summed E-state index contributed by atoms with van der Waals surface area (Å²) < 4.78 is 0. The maximum Gasteiger partial charge on any atom is 0.179 e. The molecule has 1 heteroatoms. The van der Waals surface area contributed by atoms with Gasteiger partial charge in [0.15, 0.2) is 8.07 Å². The van der Waals surface area contributed by atoms with Crippen LogP contribution in [0.25, 0.3) is 65.7 Å². The average Bonchev–Trinajstić information content (AvgIpc) is 3.49. The first kappa shape index (κ1) is 32.8. The first-order valence-electron chi connectivity index (χ1n) is 19.8. The van der Waals surface area contributed by atoms with Crippen LogP contribution in [0.15, 0.2) is 206 Å². The van der Waals surface area contributed by atoms with E-state index in [9.17, 15) is 0 Å². The van der Waals surface area contributed by atoms with Crippen molar-refractivity contribution in [1.82, 2.24) is 0 Å². The summed E-state index contributed by atoms with van der Waals surface area (Å²) in [5, 5.41) is 13.5. The molecule has 0 N–H and O–H groups in total. The second-order valence-corrected chi connectivity index (χ2v) is 19.8. The smallest absolute Gasteiger partial charge is 0.0623 e. The zero-order chi connectivity index (χ0) is 37.4. The Balaban J connectivity index is 0.992. The van der Waals surface area contributed by atoms with Crippen LogP contribution in [0, 0.1) is 0 Å². The SMILES string of the molecule is CC1(C)c2cc(-c3ccc([Si](c4ccccc4)(c4ccccc4)c4ccccc4)cc3)ccc2-c2ccc(-c3ccc4ccc5cccc6ccc3c4c56)cc21. The molecule has 0 fully saturated rings. The van der Waals surface area contributed by atoms with Gasteiger partial charge < -0.3 is 0 Å². The van der Waals surface area contributed by atoms with Crippen molar-refractivity contribution in [3.05, 3.63) is 217 Å². The normalized spacial score (nSPS) is 13.3. The fourth-order valence-electron chi connectivity index (χ4n) is 10.0. The summed E-state index contributed by atoms with van der Waals surface area (Å²) in [5.41, 5.74) is 10.4. The van der Waals surface area contributed by atoms with E-state index in [0.29, 0.717) is 0 Å². The van der Waals surface area contributed by atoms with Crippen LogP contribution in [-0.2, 0) is 5.41 Å². The van der Waals surface area contributed by atoms with Gasteiger partial charge in [-0.1, -0.05) is 208 Å². The number of rotatable bonds is 6. The molecule has 0 unspecified atom stereocenters. The van der Waals surface area contributed by atoms with Crippen LogP contribution in [0.1, 0.15) is 25.0 Å². The number of hydrogen-bond acceptors (Lipinski definition) is 0. The van der Waals surface area contributed by atoms with Crippen molar-refractivity contribution in [2.24, 2.45) is 0 Å². The Hall–Kier alpha value is -6.54. The van der Waals surface area contributed by atoms with Crippen LogP contribution < -0.4 is 20.7 Å². The second kappa shape index (κ2) is 12.5. The van der Waals surface area contributed by atoms with Gasteiger partial charge in [0.25, 0.3) is 0 Å². The first-order valence-corrected chi connectivity index (χ1v) is 21.8. The van der Waals surface area contributed by atoms with E-state index in [1.807, 2.05) is 0 Å². The number of benzene rings is 10. The standard InChI is InChI=1S/C55H40Si/c1-55(2)51-35-41(37-23-29-46(30-24-37)56(43-15-6-3-7-16-43,44-17-8-4-9-18-44)45-19-10-5-11-20-45)27-32-48(51)49-33-28-42(36-52(49)55)47-31-25-40-22-21-38-13-12-14-39-26-34-50(47)54(40)53(38)39/h3-36H,1-2H3. The van der Waals surface area contributed by atoms with Crippen LogP contribution in [0.4, 0.5) is 0 Å². The van der Waals surface area contributed by atoms with Crippen molar-refractivity contribution in [2.45, 2.75) is 19.3 Å². The quantitative estimate of drug-likeness (QED) is 0.0908. The van der Waals surface area contributed by atoms with E-state index in [1.54, 1.807) is 0 Å². The molecular formula is C55H40Si. The molecule has 1 aliphatic rings. The summed E-state index contributed by atoms with van der Waals surface area (Å²) in [4.78, 5) is 0. The summed E-state index contributed by atoms with van der Waals surface area (Å²) >= 11 is 0. The highest BCUT2D eigenvalue weighted by molar-refractivity contribution is 7.19. The Morgan fingerprint density at radius 1 is 0.321 bits per heavy atom. The molecule has 0 nitrogen and oxygen atoms in total. The molecule has 0 heterocycles. The van der Waals surface area contributed by atoms with Gasteiger partial charge in [-0.2, -0.15) is 0 Å². The highest BCUT2D eigenvalue weighted by Crippen LogP contribution is 2.51. The fraction of sp³-hybridized carbons (Fsp3) is 0.0545. The highest BCUT2D eigenvalue weighted by atomic mass is 28.3. The lowest BCUT2D eigenvalue weighted by Crippen LogP contribution is -2.74. The maximum absolute atomic E-state index is 2.58. The topological polar surface area (TPSA) is 0 Å². The molecule has 1 aliphatic carbocycles. The van der Waals surface area contributed by atoms with Crippen molar-refractivity contribution in [3.63, 3.8) is 0 Å². The third kappa shape index (κ3) is 4.78. The van der Waals surface area contributed by atoms with Crippen LogP contribution in [0.5, 0.6) is 0 Å². The van der Waals surface area contributed by atoms with E-state index in [0.717, 1.165) is 0 Å². The monoisotopic (exact) mass is 728 g/mol. The van der Waals surface area contributed by atoms with E-state index in [2.05, 4.69) is 220 Å². The molecule has 0 amide bonds. The van der Waals surface area contributed by atoms with Crippen molar-refractivity contribution in [1.29, 1.82) is 0 Å². The second-order valence-electron chi connectivity index (χ2n) is 16.0.